The molecule has 0 saturated carbocycles. The molecule has 0 bridgehead atoms. The highest BCUT2D eigenvalue weighted by Crippen LogP contribution is 2.31. The summed E-state index contributed by atoms with van der Waals surface area (Å²) in [6, 6.07) is 12.5. The molecule has 3 rings (SSSR count). The van der Waals surface area contributed by atoms with Gasteiger partial charge in [0.25, 0.3) is 0 Å². The smallest absolute Gasteiger partial charge is 0.247 e. The first-order chi connectivity index (χ1) is 10.9. The molecule has 0 radical (unpaired) electrons. The Morgan fingerprint density at radius 2 is 1.78 bits per heavy atom. The lowest BCUT2D eigenvalue weighted by Gasteiger charge is -2.05. The Bertz CT molecular complexity index is 824. The molecule has 1 atom stereocenters. The third-order valence-electron chi connectivity index (χ3n) is 3.06. The van der Waals surface area contributed by atoms with E-state index in [4.69, 9.17) is 0 Å². The Hall–Kier alpha value is -1.73. The third kappa shape index (κ3) is 3.97. The van der Waals surface area contributed by atoms with E-state index in [0.717, 1.165) is 27.9 Å². The summed E-state index contributed by atoms with van der Waals surface area (Å²) in [7, 11) is -0.568. The maximum absolute atomic E-state index is 12.5. The van der Waals surface area contributed by atoms with Gasteiger partial charge in [0, 0.05) is 15.4 Å². The highest BCUT2D eigenvalue weighted by Gasteiger charge is 2.29. The van der Waals surface area contributed by atoms with Crippen LogP contribution in [0.15, 0.2) is 67.8 Å². The minimum absolute atomic E-state index is 0.500. The number of hydrogen-bond donors (Lipinski definition) is 0. The molecule has 0 saturated heterocycles. The zero-order valence-corrected chi connectivity index (χ0v) is 14.0. The number of aliphatic imine (C=N–C) groups is 1. The largest absolute Gasteiger partial charge is 0.416 e. The van der Waals surface area contributed by atoms with Crippen molar-refractivity contribution in [3.63, 3.8) is 0 Å². The number of nitrogens with zero attached hydrogens (tertiary/aromatic N) is 2. The van der Waals surface area contributed by atoms with E-state index in [1.54, 1.807) is 5.55 Å². The molecule has 0 spiro atoms. The monoisotopic (exact) mass is 398 g/mol. The van der Waals surface area contributed by atoms with Gasteiger partial charge in [-0.05, 0) is 47.1 Å². The molecule has 2 aromatic carbocycles. The van der Waals surface area contributed by atoms with E-state index in [1.807, 2.05) is 29.7 Å². The first-order valence-electron chi connectivity index (χ1n) is 6.55. The van der Waals surface area contributed by atoms with Crippen LogP contribution in [0, 0.1) is 0 Å². The van der Waals surface area contributed by atoms with E-state index in [2.05, 4.69) is 25.3 Å². The zero-order valence-electron chi connectivity index (χ0n) is 11.6. The molecule has 0 aliphatic carbocycles. The lowest BCUT2D eigenvalue weighted by Crippen LogP contribution is -2.03. The van der Waals surface area contributed by atoms with E-state index in [-0.39, 0.29) is 0 Å². The van der Waals surface area contributed by atoms with Crippen LogP contribution in [-0.4, -0.2) is 5.55 Å². The van der Waals surface area contributed by atoms with E-state index >= 15 is 0 Å². The fourth-order valence-electron chi connectivity index (χ4n) is 1.96. The summed E-state index contributed by atoms with van der Waals surface area (Å²) in [6.45, 7) is 0. The molecule has 1 aliphatic rings. The number of halogens is 4. The fraction of sp³-hybridized carbons (Fsp3) is 0.0625. The van der Waals surface area contributed by atoms with Crippen molar-refractivity contribution >= 4 is 43.6 Å². The van der Waals surface area contributed by atoms with Crippen LogP contribution >= 0.6 is 15.9 Å². The third-order valence-corrected chi connectivity index (χ3v) is 4.76. The SMILES string of the molecule is FC(F)(F)c1ccc(N=S2C=NC(c3cccc(Br)c3)=C2)cc1. The second-order valence-corrected chi connectivity index (χ2v) is 6.97. The Kier molecular flexibility index (Phi) is 4.50. The molecule has 1 unspecified atom stereocenters. The molecule has 0 fully saturated rings. The summed E-state index contributed by atoms with van der Waals surface area (Å²) in [5.41, 5.74) is 3.30. The maximum atomic E-state index is 12.5. The van der Waals surface area contributed by atoms with Crippen LogP contribution < -0.4 is 0 Å². The van der Waals surface area contributed by atoms with Crippen molar-refractivity contribution in [2.75, 3.05) is 0 Å². The Labute approximate surface area is 142 Å². The predicted octanol–water partition coefficient (Wildman–Crippen LogP) is 5.94. The average molecular weight is 399 g/mol. The lowest BCUT2D eigenvalue weighted by molar-refractivity contribution is -0.137. The molecule has 0 N–H and O–H groups in total. The molecule has 23 heavy (non-hydrogen) atoms. The van der Waals surface area contributed by atoms with Crippen LogP contribution in [0.1, 0.15) is 11.1 Å². The summed E-state index contributed by atoms with van der Waals surface area (Å²) in [6.07, 6.45) is -4.33. The van der Waals surface area contributed by atoms with Gasteiger partial charge in [0.1, 0.15) is 0 Å². The maximum Gasteiger partial charge on any atom is 0.416 e. The van der Waals surface area contributed by atoms with Gasteiger partial charge < -0.3 is 0 Å². The van der Waals surface area contributed by atoms with E-state index in [0.29, 0.717) is 5.69 Å². The minimum Gasteiger partial charge on any atom is -0.247 e. The normalized spacial score (nSPS) is 17.6. The van der Waals surface area contributed by atoms with Crippen molar-refractivity contribution in [1.82, 2.24) is 0 Å². The quantitative estimate of drug-likeness (QED) is 0.597. The Balaban J connectivity index is 1.83. The van der Waals surface area contributed by atoms with Crippen LogP contribution in [0.3, 0.4) is 0 Å². The van der Waals surface area contributed by atoms with E-state index < -0.39 is 22.4 Å². The van der Waals surface area contributed by atoms with Crippen molar-refractivity contribution in [2.24, 2.45) is 9.36 Å². The van der Waals surface area contributed by atoms with Gasteiger partial charge in [-0.2, -0.15) is 13.2 Å². The van der Waals surface area contributed by atoms with Crippen molar-refractivity contribution in [3.05, 3.63) is 69.5 Å². The van der Waals surface area contributed by atoms with Crippen molar-refractivity contribution in [2.45, 2.75) is 6.18 Å². The van der Waals surface area contributed by atoms with E-state index in [1.165, 1.54) is 12.1 Å². The molecule has 2 aromatic rings. The van der Waals surface area contributed by atoms with Crippen LogP contribution in [0.25, 0.3) is 5.70 Å². The molecule has 118 valence electrons. The lowest BCUT2D eigenvalue weighted by atomic mass is 10.2. The summed E-state index contributed by atoms with van der Waals surface area (Å²) in [5, 5.41) is 1.90. The summed E-state index contributed by atoms with van der Waals surface area (Å²) < 4.78 is 43.0. The van der Waals surface area contributed by atoms with Crippen LogP contribution in [0.5, 0.6) is 0 Å². The standard InChI is InChI=1S/C16H10BrF3N2S/c17-13-3-1-2-11(8-13)15-9-23(10-21-15)22-14-6-4-12(5-7-14)16(18,19)20/h1-10H. The van der Waals surface area contributed by atoms with Crippen LogP contribution in [-0.2, 0) is 16.9 Å². The van der Waals surface area contributed by atoms with Gasteiger partial charge in [-0.1, -0.05) is 28.1 Å². The number of rotatable bonds is 2. The van der Waals surface area contributed by atoms with E-state index in [9.17, 15) is 13.2 Å². The zero-order chi connectivity index (χ0) is 16.4. The molecule has 0 amide bonds. The van der Waals surface area contributed by atoms with Gasteiger partial charge in [0.05, 0.1) is 22.5 Å². The van der Waals surface area contributed by atoms with Crippen molar-refractivity contribution in [3.8, 4) is 0 Å². The fourth-order valence-corrected chi connectivity index (χ4v) is 3.53. The molecular weight excluding hydrogens is 389 g/mol. The number of alkyl halides is 3. The highest BCUT2D eigenvalue weighted by molar-refractivity contribution is 9.10. The summed E-state index contributed by atoms with van der Waals surface area (Å²) >= 11 is 3.41. The molecule has 1 heterocycles. The van der Waals surface area contributed by atoms with Gasteiger partial charge in [-0.3, -0.25) is 0 Å². The number of benzene rings is 2. The topological polar surface area (TPSA) is 24.7 Å². The molecular formula is C16H10BrF3N2S. The van der Waals surface area contributed by atoms with Gasteiger partial charge >= 0.3 is 6.18 Å². The Morgan fingerprint density at radius 3 is 2.43 bits per heavy atom. The number of hydrogen-bond acceptors (Lipinski definition) is 2. The average Bonchev–Trinajstić information content (AvgIpc) is 2.95. The first kappa shape index (κ1) is 16.1. The van der Waals surface area contributed by atoms with Crippen molar-refractivity contribution < 1.29 is 13.2 Å². The second-order valence-electron chi connectivity index (χ2n) is 4.73. The van der Waals surface area contributed by atoms with Crippen molar-refractivity contribution in [1.29, 1.82) is 0 Å². The second kappa shape index (κ2) is 6.41. The van der Waals surface area contributed by atoms with Gasteiger partial charge in [0.2, 0.25) is 0 Å². The molecule has 2 nitrogen and oxygen atoms in total. The minimum atomic E-state index is -4.33. The van der Waals surface area contributed by atoms with Gasteiger partial charge in [0.15, 0.2) is 0 Å². The summed E-state index contributed by atoms with van der Waals surface area (Å²) in [4.78, 5) is 4.34. The molecule has 7 heteroatoms. The highest BCUT2D eigenvalue weighted by atomic mass is 79.9. The molecule has 1 aliphatic heterocycles. The molecule has 0 aromatic heterocycles. The van der Waals surface area contributed by atoms with Gasteiger partial charge in [-0.25, -0.2) is 9.36 Å². The Morgan fingerprint density at radius 1 is 1.04 bits per heavy atom. The summed E-state index contributed by atoms with van der Waals surface area (Å²) in [5.74, 6) is 0. The first-order valence-corrected chi connectivity index (χ1v) is 8.65. The van der Waals surface area contributed by atoms with Crippen LogP contribution in [0.4, 0.5) is 18.9 Å². The predicted molar refractivity (Wildman–Crippen MR) is 91.5 cm³/mol. The van der Waals surface area contributed by atoms with Crippen LogP contribution in [0.2, 0.25) is 0 Å². The van der Waals surface area contributed by atoms with Gasteiger partial charge in [-0.15, -0.1) is 0 Å².